The molecule has 5 rings (SSSR count). The van der Waals surface area contributed by atoms with Gasteiger partial charge in [-0.15, -0.1) is 0 Å². The lowest BCUT2D eigenvalue weighted by atomic mass is 10.1. The summed E-state index contributed by atoms with van der Waals surface area (Å²) in [5.74, 6) is -0.553. The van der Waals surface area contributed by atoms with Crippen molar-refractivity contribution in [1.82, 2.24) is 4.90 Å². The van der Waals surface area contributed by atoms with Gasteiger partial charge < -0.3 is 15.0 Å². The lowest BCUT2D eigenvalue weighted by Crippen LogP contribution is -2.49. The SMILES string of the molecule is O=C(Nc1ccccc1C(=O)N1CCCC1)[C@H]1CN(S(=O)(=O)Cc2ccccc2)c2ccccc2O1. The van der Waals surface area contributed by atoms with Crippen LogP contribution in [0.4, 0.5) is 11.4 Å². The number of nitrogens with one attached hydrogen (secondary N) is 1. The van der Waals surface area contributed by atoms with E-state index in [9.17, 15) is 18.0 Å². The summed E-state index contributed by atoms with van der Waals surface area (Å²) in [5.41, 5.74) is 1.82. The van der Waals surface area contributed by atoms with Crippen molar-refractivity contribution in [2.75, 3.05) is 29.3 Å². The van der Waals surface area contributed by atoms with Crippen molar-refractivity contribution in [3.8, 4) is 5.75 Å². The zero-order valence-corrected chi connectivity index (χ0v) is 20.5. The molecule has 9 heteroatoms. The van der Waals surface area contributed by atoms with Crippen LogP contribution in [0.25, 0.3) is 0 Å². The Morgan fingerprint density at radius 3 is 2.33 bits per heavy atom. The summed E-state index contributed by atoms with van der Waals surface area (Å²) in [4.78, 5) is 28.1. The molecular weight excluding hydrogens is 478 g/mol. The third kappa shape index (κ3) is 4.92. The van der Waals surface area contributed by atoms with Gasteiger partial charge >= 0.3 is 0 Å². The maximum absolute atomic E-state index is 13.4. The van der Waals surface area contributed by atoms with Crippen LogP contribution < -0.4 is 14.4 Å². The van der Waals surface area contributed by atoms with E-state index in [1.807, 2.05) is 6.07 Å². The molecule has 0 spiro atoms. The Morgan fingerprint density at radius 2 is 1.56 bits per heavy atom. The summed E-state index contributed by atoms with van der Waals surface area (Å²) in [7, 11) is -3.81. The Morgan fingerprint density at radius 1 is 0.889 bits per heavy atom. The lowest BCUT2D eigenvalue weighted by molar-refractivity contribution is -0.122. The van der Waals surface area contributed by atoms with E-state index in [4.69, 9.17) is 4.74 Å². The molecule has 2 aliphatic rings. The molecule has 1 N–H and O–H groups in total. The molecule has 0 unspecified atom stereocenters. The summed E-state index contributed by atoms with van der Waals surface area (Å²) < 4.78 is 34.0. The Kier molecular flexibility index (Phi) is 6.65. The fourth-order valence-electron chi connectivity index (χ4n) is 4.55. The van der Waals surface area contributed by atoms with Gasteiger partial charge in [0.25, 0.3) is 11.8 Å². The van der Waals surface area contributed by atoms with Crippen LogP contribution in [0.15, 0.2) is 78.9 Å². The van der Waals surface area contributed by atoms with Crippen LogP contribution in [0.2, 0.25) is 0 Å². The Hall–Kier alpha value is -3.85. The van der Waals surface area contributed by atoms with Crippen molar-refractivity contribution in [2.24, 2.45) is 0 Å². The van der Waals surface area contributed by atoms with E-state index >= 15 is 0 Å². The number of benzene rings is 3. The zero-order chi connectivity index (χ0) is 25.1. The van der Waals surface area contributed by atoms with E-state index in [-0.39, 0.29) is 18.2 Å². The predicted molar refractivity (Wildman–Crippen MR) is 137 cm³/mol. The summed E-state index contributed by atoms with van der Waals surface area (Å²) in [6.45, 7) is 1.20. The van der Waals surface area contributed by atoms with Crippen molar-refractivity contribution in [3.63, 3.8) is 0 Å². The number of anilines is 2. The number of hydrogen-bond acceptors (Lipinski definition) is 5. The van der Waals surface area contributed by atoms with Gasteiger partial charge in [0.15, 0.2) is 6.10 Å². The van der Waals surface area contributed by atoms with Crippen LogP contribution in [0.3, 0.4) is 0 Å². The summed E-state index contributed by atoms with van der Waals surface area (Å²) in [6.07, 6.45) is 0.826. The van der Waals surface area contributed by atoms with Gasteiger partial charge in [0.1, 0.15) is 5.75 Å². The molecule has 3 aromatic rings. The molecule has 0 aromatic heterocycles. The summed E-state index contributed by atoms with van der Waals surface area (Å²) >= 11 is 0. The molecule has 2 amide bonds. The minimum absolute atomic E-state index is 0.134. The second kappa shape index (κ2) is 10.0. The Balaban J connectivity index is 1.39. The van der Waals surface area contributed by atoms with E-state index in [0.29, 0.717) is 41.3 Å². The summed E-state index contributed by atoms with van der Waals surface area (Å²) in [6, 6.07) is 22.5. The fraction of sp³-hybridized carbons (Fsp3) is 0.259. The van der Waals surface area contributed by atoms with Gasteiger partial charge in [0.2, 0.25) is 10.0 Å². The molecule has 36 heavy (non-hydrogen) atoms. The molecule has 0 radical (unpaired) electrons. The van der Waals surface area contributed by atoms with Crippen LogP contribution in [0, 0.1) is 0 Å². The normalized spacial score (nSPS) is 17.3. The second-order valence-electron chi connectivity index (χ2n) is 8.88. The number of ether oxygens (including phenoxy) is 1. The van der Waals surface area contributed by atoms with Gasteiger partial charge in [0.05, 0.1) is 29.2 Å². The topological polar surface area (TPSA) is 96.0 Å². The van der Waals surface area contributed by atoms with Crippen molar-refractivity contribution in [3.05, 3.63) is 90.0 Å². The molecule has 1 fully saturated rings. The largest absolute Gasteiger partial charge is 0.476 e. The van der Waals surface area contributed by atoms with Gasteiger partial charge in [-0.05, 0) is 42.7 Å². The van der Waals surface area contributed by atoms with Gasteiger partial charge in [-0.25, -0.2) is 8.42 Å². The maximum Gasteiger partial charge on any atom is 0.267 e. The Bertz CT molecular complexity index is 1370. The first-order chi connectivity index (χ1) is 17.4. The quantitative estimate of drug-likeness (QED) is 0.552. The molecule has 1 atom stereocenters. The fourth-order valence-corrected chi connectivity index (χ4v) is 6.13. The predicted octanol–water partition coefficient (Wildman–Crippen LogP) is 3.66. The van der Waals surface area contributed by atoms with Crippen LogP contribution in [0.5, 0.6) is 5.75 Å². The number of carbonyl (C=O) groups is 2. The van der Waals surface area contributed by atoms with Gasteiger partial charge in [-0.1, -0.05) is 54.6 Å². The van der Waals surface area contributed by atoms with Crippen molar-refractivity contribution in [1.29, 1.82) is 0 Å². The van der Waals surface area contributed by atoms with E-state index in [0.717, 1.165) is 12.8 Å². The van der Waals surface area contributed by atoms with E-state index < -0.39 is 22.0 Å². The summed E-state index contributed by atoms with van der Waals surface area (Å²) in [5, 5.41) is 2.80. The minimum atomic E-state index is -3.81. The molecule has 0 aliphatic carbocycles. The van der Waals surface area contributed by atoms with Crippen LogP contribution in [-0.2, 0) is 20.6 Å². The van der Waals surface area contributed by atoms with E-state index in [2.05, 4.69) is 5.32 Å². The van der Waals surface area contributed by atoms with Crippen molar-refractivity contribution in [2.45, 2.75) is 24.7 Å². The smallest absolute Gasteiger partial charge is 0.267 e. The molecule has 2 heterocycles. The van der Waals surface area contributed by atoms with Crippen LogP contribution in [0.1, 0.15) is 28.8 Å². The third-order valence-corrected chi connectivity index (χ3v) is 8.08. The molecule has 0 bridgehead atoms. The number of para-hydroxylation sites is 3. The highest BCUT2D eigenvalue weighted by molar-refractivity contribution is 7.92. The second-order valence-corrected chi connectivity index (χ2v) is 10.8. The molecule has 1 saturated heterocycles. The third-order valence-electron chi connectivity index (χ3n) is 6.36. The first kappa shape index (κ1) is 23.9. The number of rotatable bonds is 6. The number of fused-ring (bicyclic) bond motifs is 1. The van der Waals surface area contributed by atoms with Gasteiger partial charge in [-0.2, -0.15) is 0 Å². The highest BCUT2D eigenvalue weighted by Gasteiger charge is 2.37. The molecule has 0 saturated carbocycles. The molecule has 186 valence electrons. The van der Waals surface area contributed by atoms with Crippen molar-refractivity contribution >= 4 is 33.2 Å². The first-order valence-corrected chi connectivity index (χ1v) is 13.5. The number of carbonyl (C=O) groups excluding carboxylic acids is 2. The number of amides is 2. The Labute approximate surface area is 210 Å². The van der Waals surface area contributed by atoms with Crippen LogP contribution >= 0.6 is 0 Å². The van der Waals surface area contributed by atoms with E-state index in [1.54, 1.807) is 77.7 Å². The lowest BCUT2D eigenvalue weighted by Gasteiger charge is -2.34. The monoisotopic (exact) mass is 505 g/mol. The van der Waals surface area contributed by atoms with Crippen LogP contribution in [-0.4, -0.2) is 50.9 Å². The van der Waals surface area contributed by atoms with E-state index in [1.165, 1.54) is 4.31 Å². The minimum Gasteiger partial charge on any atom is -0.476 e. The average molecular weight is 506 g/mol. The van der Waals surface area contributed by atoms with Gasteiger partial charge in [-0.3, -0.25) is 13.9 Å². The zero-order valence-electron chi connectivity index (χ0n) is 19.7. The highest BCUT2D eigenvalue weighted by Crippen LogP contribution is 2.36. The first-order valence-electron chi connectivity index (χ1n) is 11.9. The maximum atomic E-state index is 13.4. The standard InChI is InChI=1S/C27H27N3O5S/c31-26(28-22-13-5-4-12-21(22)27(32)29-16-8-9-17-29)25-18-30(23-14-6-7-15-24(23)35-25)36(33,34)19-20-10-2-1-3-11-20/h1-7,10-15,25H,8-9,16-19H2,(H,28,31)/t25-/m1/s1. The molecule has 3 aromatic carbocycles. The average Bonchev–Trinajstić information content (AvgIpc) is 3.43. The molecule has 2 aliphatic heterocycles. The highest BCUT2D eigenvalue weighted by atomic mass is 32.2. The molecular formula is C27H27N3O5S. The van der Waals surface area contributed by atoms with Gasteiger partial charge in [0, 0.05) is 13.1 Å². The molecule has 8 nitrogen and oxygen atoms in total. The number of nitrogens with zero attached hydrogens (tertiary/aromatic N) is 2. The van der Waals surface area contributed by atoms with Crippen molar-refractivity contribution < 1.29 is 22.7 Å². The number of hydrogen-bond donors (Lipinski definition) is 1. The number of likely N-dealkylation sites (tertiary alicyclic amines) is 1. The number of sulfonamides is 1.